The van der Waals surface area contributed by atoms with Gasteiger partial charge in [-0.2, -0.15) is 5.26 Å². The fraction of sp³-hybridized carbons (Fsp3) is 0.130. The molecule has 3 aromatic rings. The van der Waals surface area contributed by atoms with Crippen LogP contribution in [0.2, 0.25) is 0 Å². The number of rotatable bonds is 6. The minimum atomic E-state index is -0.635. The molecular weight excluding hydrogens is 352 g/mol. The van der Waals surface area contributed by atoms with Crippen molar-refractivity contribution in [1.29, 1.82) is 5.26 Å². The molecular formula is C23H20N2O3. The number of ether oxygens (including phenoxy) is 2. The predicted octanol–water partition coefficient (Wildman–Crippen LogP) is 4.35. The van der Waals surface area contributed by atoms with Gasteiger partial charge in [-0.3, -0.25) is 4.79 Å². The maximum atomic E-state index is 13.3. The number of benzene rings is 3. The van der Waals surface area contributed by atoms with Crippen LogP contribution in [0.1, 0.15) is 22.6 Å². The highest BCUT2D eigenvalue weighted by molar-refractivity contribution is 5.99. The summed E-state index contributed by atoms with van der Waals surface area (Å²) in [5.41, 5.74) is 2.45. The molecule has 1 atom stereocenters. The van der Waals surface area contributed by atoms with E-state index in [0.717, 1.165) is 5.56 Å². The SMILES string of the molecule is COc1ccc(NC(=O)C(c2ccccc2)c2ccccc2C#N)c(OC)c1. The second kappa shape index (κ2) is 8.74. The van der Waals surface area contributed by atoms with E-state index in [0.29, 0.717) is 28.3 Å². The van der Waals surface area contributed by atoms with E-state index < -0.39 is 5.92 Å². The fourth-order valence-electron chi connectivity index (χ4n) is 3.07. The molecule has 0 heterocycles. The Hall–Kier alpha value is -3.78. The standard InChI is InChI=1S/C23H20N2O3/c1-27-18-12-13-20(21(14-18)28-2)25-23(26)22(16-8-4-3-5-9-16)19-11-7-6-10-17(19)15-24/h3-14,22H,1-2H3,(H,25,26). The molecule has 0 spiro atoms. The number of hydrogen-bond donors (Lipinski definition) is 1. The van der Waals surface area contributed by atoms with E-state index in [4.69, 9.17) is 9.47 Å². The second-order valence-corrected chi connectivity index (χ2v) is 6.10. The van der Waals surface area contributed by atoms with Crippen LogP contribution in [0.15, 0.2) is 72.8 Å². The van der Waals surface area contributed by atoms with Gasteiger partial charge in [0.1, 0.15) is 11.5 Å². The summed E-state index contributed by atoms with van der Waals surface area (Å²) in [6, 6.07) is 23.9. The predicted molar refractivity (Wildman–Crippen MR) is 108 cm³/mol. The van der Waals surface area contributed by atoms with Crippen LogP contribution in [0.4, 0.5) is 5.69 Å². The summed E-state index contributed by atoms with van der Waals surface area (Å²) in [5, 5.41) is 12.4. The van der Waals surface area contributed by atoms with Gasteiger partial charge in [0.25, 0.3) is 0 Å². The first kappa shape index (κ1) is 19.0. The number of carbonyl (C=O) groups excluding carboxylic acids is 1. The van der Waals surface area contributed by atoms with Crippen molar-refractivity contribution in [3.63, 3.8) is 0 Å². The zero-order valence-electron chi connectivity index (χ0n) is 15.7. The molecule has 0 aromatic heterocycles. The molecule has 3 aromatic carbocycles. The Bertz CT molecular complexity index is 1010. The van der Waals surface area contributed by atoms with Crippen molar-refractivity contribution in [2.75, 3.05) is 19.5 Å². The summed E-state index contributed by atoms with van der Waals surface area (Å²) in [5.74, 6) is 0.235. The van der Waals surface area contributed by atoms with Crippen molar-refractivity contribution >= 4 is 11.6 Å². The normalized spacial score (nSPS) is 11.2. The number of nitrogens with one attached hydrogen (secondary N) is 1. The number of nitriles is 1. The molecule has 0 saturated carbocycles. The third kappa shape index (κ3) is 3.97. The van der Waals surface area contributed by atoms with Gasteiger partial charge in [-0.15, -0.1) is 0 Å². The first-order chi connectivity index (χ1) is 13.7. The number of carbonyl (C=O) groups is 1. The molecule has 5 heteroatoms. The van der Waals surface area contributed by atoms with E-state index in [1.807, 2.05) is 36.4 Å². The van der Waals surface area contributed by atoms with Crippen LogP contribution in [0.25, 0.3) is 0 Å². The molecule has 140 valence electrons. The lowest BCUT2D eigenvalue weighted by Crippen LogP contribution is -2.23. The average molecular weight is 372 g/mol. The van der Waals surface area contributed by atoms with E-state index >= 15 is 0 Å². The first-order valence-electron chi connectivity index (χ1n) is 8.74. The summed E-state index contributed by atoms with van der Waals surface area (Å²) in [4.78, 5) is 13.3. The molecule has 0 aliphatic carbocycles. The number of amides is 1. The van der Waals surface area contributed by atoms with Gasteiger partial charge in [0.15, 0.2) is 0 Å². The van der Waals surface area contributed by atoms with Crippen molar-refractivity contribution in [1.82, 2.24) is 0 Å². The topological polar surface area (TPSA) is 71.3 Å². The lowest BCUT2D eigenvalue weighted by atomic mass is 9.87. The first-order valence-corrected chi connectivity index (χ1v) is 8.74. The third-order valence-electron chi connectivity index (χ3n) is 4.45. The van der Waals surface area contributed by atoms with Crippen LogP contribution in [-0.4, -0.2) is 20.1 Å². The Balaban J connectivity index is 2.02. The van der Waals surface area contributed by atoms with E-state index in [2.05, 4.69) is 11.4 Å². The van der Waals surface area contributed by atoms with Crippen molar-refractivity contribution in [2.45, 2.75) is 5.92 Å². The van der Waals surface area contributed by atoms with Gasteiger partial charge in [-0.25, -0.2) is 0 Å². The van der Waals surface area contributed by atoms with Gasteiger partial charge in [-0.05, 0) is 29.3 Å². The summed E-state index contributed by atoms with van der Waals surface area (Å²) < 4.78 is 10.6. The zero-order valence-corrected chi connectivity index (χ0v) is 15.7. The lowest BCUT2D eigenvalue weighted by molar-refractivity contribution is -0.116. The van der Waals surface area contributed by atoms with E-state index in [-0.39, 0.29) is 5.91 Å². The lowest BCUT2D eigenvalue weighted by Gasteiger charge is -2.20. The van der Waals surface area contributed by atoms with Crippen LogP contribution in [0, 0.1) is 11.3 Å². The van der Waals surface area contributed by atoms with Crippen LogP contribution >= 0.6 is 0 Å². The van der Waals surface area contributed by atoms with Crippen molar-refractivity contribution in [3.05, 3.63) is 89.5 Å². The average Bonchev–Trinajstić information content (AvgIpc) is 2.75. The molecule has 0 radical (unpaired) electrons. The minimum Gasteiger partial charge on any atom is -0.497 e. The van der Waals surface area contributed by atoms with E-state index in [1.54, 1.807) is 43.5 Å². The van der Waals surface area contributed by atoms with Gasteiger partial charge >= 0.3 is 0 Å². The number of nitrogens with zero attached hydrogens (tertiary/aromatic N) is 1. The van der Waals surface area contributed by atoms with Crippen molar-refractivity contribution < 1.29 is 14.3 Å². The maximum absolute atomic E-state index is 13.3. The Morgan fingerprint density at radius 2 is 1.68 bits per heavy atom. The molecule has 0 saturated heterocycles. The second-order valence-electron chi connectivity index (χ2n) is 6.10. The smallest absolute Gasteiger partial charge is 0.236 e. The third-order valence-corrected chi connectivity index (χ3v) is 4.45. The molecule has 1 amide bonds. The Morgan fingerprint density at radius 1 is 0.964 bits per heavy atom. The number of methoxy groups -OCH3 is 2. The van der Waals surface area contributed by atoms with Crippen LogP contribution < -0.4 is 14.8 Å². The molecule has 0 aliphatic heterocycles. The van der Waals surface area contributed by atoms with Crippen molar-refractivity contribution in [3.8, 4) is 17.6 Å². The highest BCUT2D eigenvalue weighted by Gasteiger charge is 2.26. The Morgan fingerprint density at radius 3 is 2.36 bits per heavy atom. The Kier molecular flexibility index (Phi) is 5.93. The van der Waals surface area contributed by atoms with Gasteiger partial charge in [0, 0.05) is 6.07 Å². The fourth-order valence-corrected chi connectivity index (χ4v) is 3.07. The molecule has 0 bridgehead atoms. The van der Waals surface area contributed by atoms with Crippen LogP contribution in [0.3, 0.4) is 0 Å². The summed E-state index contributed by atoms with van der Waals surface area (Å²) >= 11 is 0. The van der Waals surface area contributed by atoms with Gasteiger partial charge in [0.2, 0.25) is 5.91 Å². The quantitative estimate of drug-likeness (QED) is 0.698. The zero-order chi connectivity index (χ0) is 19.9. The molecule has 1 unspecified atom stereocenters. The molecule has 0 fully saturated rings. The maximum Gasteiger partial charge on any atom is 0.236 e. The van der Waals surface area contributed by atoms with E-state index in [9.17, 15) is 10.1 Å². The highest BCUT2D eigenvalue weighted by Crippen LogP contribution is 2.33. The van der Waals surface area contributed by atoms with Gasteiger partial charge < -0.3 is 14.8 Å². The molecule has 3 rings (SSSR count). The molecule has 0 aliphatic rings. The molecule has 28 heavy (non-hydrogen) atoms. The highest BCUT2D eigenvalue weighted by atomic mass is 16.5. The van der Waals surface area contributed by atoms with Gasteiger partial charge in [-0.1, -0.05) is 48.5 Å². The Labute approximate surface area is 164 Å². The molecule has 1 N–H and O–H groups in total. The summed E-state index contributed by atoms with van der Waals surface area (Å²) in [6.45, 7) is 0. The van der Waals surface area contributed by atoms with Crippen molar-refractivity contribution in [2.24, 2.45) is 0 Å². The number of hydrogen-bond acceptors (Lipinski definition) is 4. The van der Waals surface area contributed by atoms with E-state index in [1.165, 1.54) is 7.11 Å². The largest absolute Gasteiger partial charge is 0.497 e. The summed E-state index contributed by atoms with van der Waals surface area (Å²) in [7, 11) is 3.10. The monoisotopic (exact) mass is 372 g/mol. The summed E-state index contributed by atoms with van der Waals surface area (Å²) in [6.07, 6.45) is 0. The molecule has 5 nitrogen and oxygen atoms in total. The number of anilines is 1. The van der Waals surface area contributed by atoms with Crippen LogP contribution in [0.5, 0.6) is 11.5 Å². The van der Waals surface area contributed by atoms with Crippen LogP contribution in [-0.2, 0) is 4.79 Å². The van der Waals surface area contributed by atoms with Gasteiger partial charge in [0.05, 0.1) is 37.5 Å². The minimum absolute atomic E-state index is 0.252.